The zero-order valence-corrected chi connectivity index (χ0v) is 27.3. The van der Waals surface area contributed by atoms with Gasteiger partial charge in [-0.15, -0.1) is 0 Å². The first-order valence-electron chi connectivity index (χ1n) is 16.5. The SMILES string of the molecule is CCNC(=O)O[C@H]1CC[C@H](C(=O)N(C[C@H]2CC[C@H](c3ccc(OC)c(C#N)n3)CC2)c2cc(-c3cnn(C(C)C)c3)ccn2)CC1. The van der Waals surface area contributed by atoms with Crippen molar-refractivity contribution < 1.29 is 19.1 Å². The largest absolute Gasteiger partial charge is 0.494 e. The van der Waals surface area contributed by atoms with Crippen LogP contribution in [0, 0.1) is 23.2 Å². The molecule has 2 aliphatic rings. The Morgan fingerprint density at radius 1 is 1.09 bits per heavy atom. The third kappa shape index (κ3) is 7.84. The van der Waals surface area contributed by atoms with Crippen LogP contribution in [0.2, 0.25) is 0 Å². The molecule has 1 N–H and O–H groups in total. The van der Waals surface area contributed by atoms with Gasteiger partial charge in [0.2, 0.25) is 5.91 Å². The first kappa shape index (κ1) is 32.9. The Morgan fingerprint density at radius 3 is 2.50 bits per heavy atom. The summed E-state index contributed by atoms with van der Waals surface area (Å²) in [6.45, 7) is 7.14. The Morgan fingerprint density at radius 2 is 1.85 bits per heavy atom. The van der Waals surface area contributed by atoms with Gasteiger partial charge in [0.1, 0.15) is 18.0 Å². The molecule has 5 rings (SSSR count). The van der Waals surface area contributed by atoms with Gasteiger partial charge in [-0.05, 0) is 108 Å². The first-order chi connectivity index (χ1) is 22.3. The van der Waals surface area contributed by atoms with E-state index in [4.69, 9.17) is 14.5 Å². The van der Waals surface area contributed by atoms with Gasteiger partial charge < -0.3 is 14.8 Å². The highest BCUT2D eigenvalue weighted by Gasteiger charge is 2.34. The molecule has 3 aromatic rings. The van der Waals surface area contributed by atoms with Crippen molar-refractivity contribution in [2.24, 2.45) is 11.8 Å². The molecule has 2 aliphatic carbocycles. The van der Waals surface area contributed by atoms with Crippen LogP contribution in [0.25, 0.3) is 11.1 Å². The van der Waals surface area contributed by atoms with Crippen molar-refractivity contribution in [3.8, 4) is 22.9 Å². The summed E-state index contributed by atoms with van der Waals surface area (Å²) in [5.74, 6) is 1.63. The maximum atomic E-state index is 14.3. The normalized spacial score (nSPS) is 21.3. The molecular formula is C35H45N7O4. The summed E-state index contributed by atoms with van der Waals surface area (Å²) in [5.41, 5.74) is 3.19. The van der Waals surface area contributed by atoms with E-state index in [0.717, 1.165) is 42.5 Å². The average molecular weight is 628 g/mol. The number of alkyl carbamates (subject to hydrolysis) is 1. The van der Waals surface area contributed by atoms with Crippen LogP contribution in [-0.2, 0) is 9.53 Å². The summed E-state index contributed by atoms with van der Waals surface area (Å²) in [4.78, 5) is 37.4. The Hall–Kier alpha value is -4.46. The number of hydrogen-bond acceptors (Lipinski definition) is 8. The monoisotopic (exact) mass is 627 g/mol. The molecule has 2 saturated carbocycles. The van der Waals surface area contributed by atoms with E-state index in [2.05, 4.69) is 35.3 Å². The molecule has 2 amide bonds. The molecule has 0 aromatic carbocycles. The number of pyridine rings is 2. The number of nitrogens with zero attached hydrogens (tertiary/aromatic N) is 6. The lowest BCUT2D eigenvalue weighted by Crippen LogP contribution is -2.42. The Labute approximate surface area is 271 Å². The number of hydrogen-bond donors (Lipinski definition) is 1. The quantitative estimate of drug-likeness (QED) is 0.272. The molecule has 0 saturated heterocycles. The fourth-order valence-corrected chi connectivity index (χ4v) is 6.63. The minimum atomic E-state index is -0.398. The molecule has 0 atom stereocenters. The van der Waals surface area contributed by atoms with Crippen LogP contribution in [0.4, 0.5) is 10.6 Å². The van der Waals surface area contributed by atoms with Crippen LogP contribution < -0.4 is 15.0 Å². The summed E-state index contributed by atoms with van der Waals surface area (Å²) in [6, 6.07) is 10.1. The summed E-state index contributed by atoms with van der Waals surface area (Å²) in [6.07, 6.45) is 11.5. The summed E-state index contributed by atoms with van der Waals surface area (Å²) < 4.78 is 12.8. The lowest BCUT2D eigenvalue weighted by Gasteiger charge is -2.35. The predicted molar refractivity (Wildman–Crippen MR) is 174 cm³/mol. The minimum absolute atomic E-state index is 0.0802. The van der Waals surface area contributed by atoms with Crippen LogP contribution in [-0.4, -0.2) is 58.1 Å². The molecule has 46 heavy (non-hydrogen) atoms. The second kappa shape index (κ2) is 15.2. The fourth-order valence-electron chi connectivity index (χ4n) is 6.63. The van der Waals surface area contributed by atoms with Crippen LogP contribution in [0.5, 0.6) is 5.75 Å². The van der Waals surface area contributed by atoms with Crippen molar-refractivity contribution >= 4 is 17.8 Å². The molecule has 0 aliphatic heterocycles. The van der Waals surface area contributed by atoms with E-state index < -0.39 is 6.09 Å². The highest BCUT2D eigenvalue weighted by molar-refractivity contribution is 5.94. The van der Waals surface area contributed by atoms with Gasteiger partial charge in [0.25, 0.3) is 0 Å². The number of nitriles is 1. The maximum Gasteiger partial charge on any atom is 0.407 e. The second-order valence-corrected chi connectivity index (χ2v) is 12.7. The molecule has 11 heteroatoms. The van der Waals surface area contributed by atoms with E-state index in [9.17, 15) is 14.9 Å². The zero-order chi connectivity index (χ0) is 32.6. The molecule has 2 fully saturated rings. The lowest BCUT2D eigenvalue weighted by atomic mass is 9.79. The Bertz CT molecular complexity index is 1530. The highest BCUT2D eigenvalue weighted by Crippen LogP contribution is 2.38. The number of aromatic nitrogens is 4. The third-order valence-corrected chi connectivity index (χ3v) is 9.28. The van der Waals surface area contributed by atoms with Crippen molar-refractivity contribution in [2.75, 3.05) is 25.1 Å². The van der Waals surface area contributed by atoms with E-state index in [-0.39, 0.29) is 29.9 Å². The van der Waals surface area contributed by atoms with Gasteiger partial charge in [-0.25, -0.2) is 14.8 Å². The van der Waals surface area contributed by atoms with Crippen molar-refractivity contribution in [3.05, 3.63) is 54.2 Å². The summed E-state index contributed by atoms with van der Waals surface area (Å²) in [7, 11) is 1.55. The highest BCUT2D eigenvalue weighted by atomic mass is 16.6. The van der Waals surface area contributed by atoms with Gasteiger partial charge in [0, 0.05) is 54.6 Å². The number of carbonyl (C=O) groups excluding carboxylic acids is 2. The van der Waals surface area contributed by atoms with E-state index in [1.807, 2.05) is 53.2 Å². The number of carbonyl (C=O) groups is 2. The van der Waals surface area contributed by atoms with Crippen molar-refractivity contribution in [2.45, 2.75) is 90.2 Å². The Kier molecular flexibility index (Phi) is 10.9. The van der Waals surface area contributed by atoms with Crippen LogP contribution in [0.15, 0.2) is 42.9 Å². The number of nitrogens with one attached hydrogen (secondary N) is 1. The molecule has 3 aromatic heterocycles. The van der Waals surface area contributed by atoms with Gasteiger partial charge in [-0.3, -0.25) is 14.4 Å². The smallest absolute Gasteiger partial charge is 0.407 e. The van der Waals surface area contributed by atoms with E-state index in [0.29, 0.717) is 62.0 Å². The second-order valence-electron chi connectivity index (χ2n) is 12.7. The minimum Gasteiger partial charge on any atom is -0.494 e. The molecule has 3 heterocycles. The van der Waals surface area contributed by atoms with E-state index in [1.165, 1.54) is 0 Å². The molecule has 11 nitrogen and oxygen atoms in total. The Balaban J connectivity index is 1.32. The topological polar surface area (TPSA) is 135 Å². The molecule has 0 bridgehead atoms. The van der Waals surface area contributed by atoms with E-state index >= 15 is 0 Å². The standard InChI is InChI=1S/C35H45N7O4/c1-5-37-35(44)46-29-12-10-26(11-13-29)34(43)41(33-18-27(16-17-38-33)28-20-39-42(22-28)23(2)3)21-24-6-8-25(9-7-24)30-14-15-32(45-4)31(19-36)40-30/h14-18,20,22-26,29H,5-13,21H2,1-4H3,(H,37,44)/t24-,25-,26-,29-. The van der Waals surface area contributed by atoms with E-state index in [1.54, 1.807) is 13.3 Å². The molecule has 0 spiro atoms. The molecule has 0 radical (unpaired) electrons. The zero-order valence-electron chi connectivity index (χ0n) is 27.3. The number of amides is 2. The van der Waals surface area contributed by atoms with Gasteiger partial charge in [-0.1, -0.05) is 0 Å². The van der Waals surface area contributed by atoms with Crippen LogP contribution in [0.3, 0.4) is 0 Å². The number of rotatable bonds is 10. The maximum absolute atomic E-state index is 14.3. The third-order valence-electron chi connectivity index (χ3n) is 9.28. The molecular weight excluding hydrogens is 582 g/mol. The van der Waals surface area contributed by atoms with Crippen molar-refractivity contribution in [1.29, 1.82) is 5.26 Å². The number of methoxy groups -OCH3 is 1. The van der Waals surface area contributed by atoms with Crippen molar-refractivity contribution in [3.63, 3.8) is 0 Å². The van der Waals surface area contributed by atoms with Gasteiger partial charge >= 0.3 is 6.09 Å². The predicted octanol–water partition coefficient (Wildman–Crippen LogP) is 6.41. The average Bonchev–Trinajstić information content (AvgIpc) is 3.59. The van der Waals surface area contributed by atoms with Gasteiger partial charge in [-0.2, -0.15) is 10.4 Å². The lowest BCUT2D eigenvalue weighted by molar-refractivity contribution is -0.124. The van der Waals surface area contributed by atoms with Crippen LogP contribution in [0.1, 0.15) is 95.5 Å². The summed E-state index contributed by atoms with van der Waals surface area (Å²) >= 11 is 0. The number of ether oxygens (including phenoxy) is 2. The van der Waals surface area contributed by atoms with Gasteiger partial charge in [0.05, 0.1) is 13.3 Å². The molecule has 0 unspecified atom stereocenters. The van der Waals surface area contributed by atoms with Crippen LogP contribution >= 0.6 is 0 Å². The van der Waals surface area contributed by atoms with Gasteiger partial charge in [0.15, 0.2) is 11.4 Å². The fraction of sp³-hybridized carbons (Fsp3) is 0.543. The van der Waals surface area contributed by atoms with Crippen molar-refractivity contribution in [1.82, 2.24) is 25.1 Å². The summed E-state index contributed by atoms with van der Waals surface area (Å²) in [5, 5.41) is 16.7. The molecule has 244 valence electrons. The first-order valence-corrected chi connectivity index (χ1v) is 16.5. The number of anilines is 1.